The average molecular weight is 392 g/mol. The fourth-order valence-corrected chi connectivity index (χ4v) is 3.86. The minimum atomic E-state index is -0.918. The summed E-state index contributed by atoms with van der Waals surface area (Å²) < 4.78 is 5.42. The zero-order valence-electron chi connectivity index (χ0n) is 14.4. The smallest absolute Gasteiger partial charge is 0.311 e. The van der Waals surface area contributed by atoms with Crippen LogP contribution >= 0.6 is 11.6 Å². The molecule has 142 valence electrons. The van der Waals surface area contributed by atoms with Gasteiger partial charge in [-0.15, -0.1) is 10.2 Å². The van der Waals surface area contributed by atoms with Crippen molar-refractivity contribution in [2.24, 2.45) is 11.3 Å². The van der Waals surface area contributed by atoms with Gasteiger partial charge in [-0.3, -0.25) is 9.59 Å². The number of tetrazole rings is 1. The Morgan fingerprint density at radius 3 is 2.81 bits per heavy atom. The van der Waals surface area contributed by atoms with Crippen molar-refractivity contribution in [3.05, 3.63) is 29.3 Å². The standard InChI is InChI=1S/C17H18ClN5O4/c18-13-3-1-11(2-4-13)15-19-21-23(20-15)8-14(24)22-7-12-9-27-6-5-17(12,10-22)16(25)26/h1-4,12H,5-10H2,(H,25,26)/t12-,17+/m0/s1. The van der Waals surface area contributed by atoms with E-state index in [0.717, 1.165) is 5.56 Å². The van der Waals surface area contributed by atoms with Gasteiger partial charge in [-0.05, 0) is 35.9 Å². The van der Waals surface area contributed by atoms with Crippen molar-refractivity contribution in [2.75, 3.05) is 26.3 Å². The topological polar surface area (TPSA) is 110 Å². The van der Waals surface area contributed by atoms with Gasteiger partial charge >= 0.3 is 5.97 Å². The Hall–Kier alpha value is -2.52. The number of benzene rings is 1. The number of carbonyl (C=O) groups excluding carboxylic acids is 1. The Morgan fingerprint density at radius 1 is 1.33 bits per heavy atom. The van der Waals surface area contributed by atoms with Crippen LogP contribution in [0.15, 0.2) is 24.3 Å². The van der Waals surface area contributed by atoms with Crippen LogP contribution in [0.4, 0.5) is 0 Å². The lowest BCUT2D eigenvalue weighted by atomic mass is 9.74. The molecular weight excluding hydrogens is 374 g/mol. The molecule has 2 saturated heterocycles. The van der Waals surface area contributed by atoms with E-state index in [1.54, 1.807) is 29.2 Å². The minimum absolute atomic E-state index is 0.0934. The summed E-state index contributed by atoms with van der Waals surface area (Å²) in [5.74, 6) is -0.897. The second-order valence-electron chi connectivity index (χ2n) is 6.91. The largest absolute Gasteiger partial charge is 0.481 e. The SMILES string of the molecule is O=C(Cn1nnc(-c2ccc(Cl)cc2)n1)N1C[C@H]2COCC[C@@]2(C(=O)O)C1. The molecule has 1 amide bonds. The van der Waals surface area contributed by atoms with E-state index in [0.29, 0.717) is 37.0 Å². The number of aromatic nitrogens is 4. The molecule has 9 nitrogen and oxygen atoms in total. The second-order valence-corrected chi connectivity index (χ2v) is 7.34. The molecule has 27 heavy (non-hydrogen) atoms. The van der Waals surface area contributed by atoms with Gasteiger partial charge < -0.3 is 14.7 Å². The number of fused-ring (bicyclic) bond motifs is 1. The first-order valence-electron chi connectivity index (χ1n) is 8.60. The summed E-state index contributed by atoms with van der Waals surface area (Å²) in [6.45, 7) is 1.22. The monoisotopic (exact) mass is 391 g/mol. The van der Waals surface area contributed by atoms with Crippen molar-refractivity contribution in [3.8, 4) is 11.4 Å². The van der Waals surface area contributed by atoms with Crippen molar-refractivity contribution < 1.29 is 19.4 Å². The molecule has 0 radical (unpaired) electrons. The predicted octanol–water partition coefficient (Wildman–Crippen LogP) is 0.943. The highest BCUT2D eigenvalue weighted by Gasteiger charge is 2.54. The summed E-state index contributed by atoms with van der Waals surface area (Å²) in [6.07, 6.45) is 0.416. The van der Waals surface area contributed by atoms with Gasteiger partial charge in [0.05, 0.1) is 12.0 Å². The van der Waals surface area contributed by atoms with E-state index < -0.39 is 11.4 Å². The number of aliphatic carboxylic acids is 1. The molecular formula is C17H18ClN5O4. The van der Waals surface area contributed by atoms with E-state index in [1.165, 1.54) is 4.80 Å². The lowest BCUT2D eigenvalue weighted by molar-refractivity contribution is -0.157. The second kappa shape index (κ2) is 6.90. The van der Waals surface area contributed by atoms with Crippen molar-refractivity contribution in [3.63, 3.8) is 0 Å². The van der Waals surface area contributed by atoms with Crippen LogP contribution in [0.3, 0.4) is 0 Å². The zero-order chi connectivity index (χ0) is 19.0. The van der Waals surface area contributed by atoms with Gasteiger partial charge in [-0.1, -0.05) is 11.6 Å². The molecule has 0 bridgehead atoms. The molecule has 3 heterocycles. The molecule has 1 aromatic carbocycles. The van der Waals surface area contributed by atoms with E-state index >= 15 is 0 Å². The van der Waals surface area contributed by atoms with Crippen molar-refractivity contribution >= 4 is 23.5 Å². The highest BCUT2D eigenvalue weighted by molar-refractivity contribution is 6.30. The molecule has 2 atom stereocenters. The first-order chi connectivity index (χ1) is 13.0. The van der Waals surface area contributed by atoms with Gasteiger partial charge in [-0.2, -0.15) is 4.80 Å². The molecule has 1 N–H and O–H groups in total. The summed E-state index contributed by atoms with van der Waals surface area (Å²) in [5, 5.41) is 22.4. The van der Waals surface area contributed by atoms with Crippen molar-refractivity contribution in [1.82, 2.24) is 25.1 Å². The molecule has 2 aromatic rings. The third-order valence-corrected chi connectivity index (χ3v) is 5.57. The van der Waals surface area contributed by atoms with Gasteiger partial charge in [0, 0.05) is 36.2 Å². The number of hydrogen-bond donors (Lipinski definition) is 1. The molecule has 1 aromatic heterocycles. The van der Waals surface area contributed by atoms with Gasteiger partial charge in [-0.25, -0.2) is 0 Å². The molecule has 10 heteroatoms. The van der Waals surface area contributed by atoms with Gasteiger partial charge in [0.15, 0.2) is 0 Å². The minimum Gasteiger partial charge on any atom is -0.481 e. The Labute approximate surface area is 159 Å². The van der Waals surface area contributed by atoms with Crippen LogP contribution in [0.5, 0.6) is 0 Å². The molecule has 2 aliphatic rings. The van der Waals surface area contributed by atoms with Crippen LogP contribution < -0.4 is 0 Å². The number of rotatable bonds is 4. The average Bonchev–Trinajstić information content (AvgIpc) is 3.27. The number of amides is 1. The molecule has 2 fully saturated rings. The van der Waals surface area contributed by atoms with Crippen LogP contribution in [0.25, 0.3) is 11.4 Å². The normalized spacial score (nSPS) is 24.6. The molecule has 4 rings (SSSR count). The van der Waals surface area contributed by atoms with Crippen LogP contribution in [-0.4, -0.2) is 68.4 Å². The predicted molar refractivity (Wildman–Crippen MR) is 93.8 cm³/mol. The summed E-state index contributed by atoms with van der Waals surface area (Å²) in [7, 11) is 0. The van der Waals surface area contributed by atoms with E-state index in [9.17, 15) is 14.7 Å². The van der Waals surface area contributed by atoms with Gasteiger partial charge in [0.25, 0.3) is 0 Å². The first-order valence-corrected chi connectivity index (χ1v) is 8.98. The van der Waals surface area contributed by atoms with Crippen molar-refractivity contribution in [2.45, 2.75) is 13.0 Å². The number of likely N-dealkylation sites (tertiary alicyclic amines) is 1. The Kier molecular flexibility index (Phi) is 4.56. The number of nitrogens with zero attached hydrogens (tertiary/aromatic N) is 5. The lowest BCUT2D eigenvalue weighted by Crippen LogP contribution is -2.45. The van der Waals surface area contributed by atoms with E-state index in [-0.39, 0.29) is 24.9 Å². The summed E-state index contributed by atoms with van der Waals surface area (Å²) in [4.78, 5) is 27.3. The maximum Gasteiger partial charge on any atom is 0.311 e. The van der Waals surface area contributed by atoms with Crippen LogP contribution in [-0.2, 0) is 20.9 Å². The maximum atomic E-state index is 12.7. The molecule has 0 aliphatic carbocycles. The Balaban J connectivity index is 1.45. The number of carboxylic acid groups (broad SMARTS) is 1. The van der Waals surface area contributed by atoms with Gasteiger partial charge in [0.1, 0.15) is 6.54 Å². The van der Waals surface area contributed by atoms with Gasteiger partial charge in [0.2, 0.25) is 11.7 Å². The van der Waals surface area contributed by atoms with Crippen LogP contribution in [0, 0.1) is 11.3 Å². The van der Waals surface area contributed by atoms with E-state index in [4.69, 9.17) is 16.3 Å². The third kappa shape index (κ3) is 3.28. The van der Waals surface area contributed by atoms with E-state index in [2.05, 4.69) is 15.4 Å². The summed E-state index contributed by atoms with van der Waals surface area (Å²) >= 11 is 5.87. The fraction of sp³-hybridized carbons (Fsp3) is 0.471. The van der Waals surface area contributed by atoms with Crippen LogP contribution in [0.1, 0.15) is 6.42 Å². The first kappa shape index (κ1) is 17.9. The summed E-state index contributed by atoms with van der Waals surface area (Å²) in [6, 6.07) is 6.99. The zero-order valence-corrected chi connectivity index (χ0v) is 15.2. The number of ether oxygens (including phenoxy) is 1. The van der Waals surface area contributed by atoms with Crippen LogP contribution in [0.2, 0.25) is 5.02 Å². The Morgan fingerprint density at radius 2 is 2.11 bits per heavy atom. The van der Waals surface area contributed by atoms with E-state index in [1.807, 2.05) is 0 Å². The number of halogens is 1. The Bertz CT molecular complexity index is 870. The fourth-order valence-electron chi connectivity index (χ4n) is 3.74. The highest BCUT2D eigenvalue weighted by atomic mass is 35.5. The molecule has 2 aliphatic heterocycles. The summed E-state index contributed by atoms with van der Waals surface area (Å²) in [5.41, 5.74) is -0.176. The molecule has 0 spiro atoms. The number of carbonyl (C=O) groups is 2. The molecule has 0 unspecified atom stereocenters. The number of hydrogen-bond acceptors (Lipinski definition) is 6. The lowest BCUT2D eigenvalue weighted by Gasteiger charge is -2.33. The third-order valence-electron chi connectivity index (χ3n) is 5.32. The van der Waals surface area contributed by atoms with Crippen molar-refractivity contribution in [1.29, 1.82) is 0 Å². The molecule has 0 saturated carbocycles. The number of carboxylic acids is 1. The highest BCUT2D eigenvalue weighted by Crippen LogP contribution is 2.42. The maximum absolute atomic E-state index is 12.7. The quantitative estimate of drug-likeness (QED) is 0.825.